The van der Waals surface area contributed by atoms with Crippen molar-refractivity contribution in [1.82, 2.24) is 0 Å². The largest absolute Gasteiger partial charge is 0.299 e. The molecule has 134 valence electrons. The zero-order valence-corrected chi connectivity index (χ0v) is 17.7. The Morgan fingerprint density at radius 2 is 1.67 bits per heavy atom. The van der Waals surface area contributed by atoms with Crippen LogP contribution in [0.1, 0.15) is 76.0 Å². The van der Waals surface area contributed by atoms with E-state index >= 15 is 0 Å². The maximum Gasteiger partial charge on any atom is 0.137 e. The number of aryl methyl sites for hydroxylation is 2. The first kappa shape index (κ1) is 19.4. The Kier molecular flexibility index (Phi) is 6.12. The summed E-state index contributed by atoms with van der Waals surface area (Å²) >= 11 is 0. The highest BCUT2D eigenvalue weighted by atomic mass is 28.3. The van der Waals surface area contributed by atoms with Gasteiger partial charge in [-0.25, -0.2) is 0 Å². The summed E-state index contributed by atoms with van der Waals surface area (Å²) in [5.74, 6) is 0.496. The topological polar surface area (TPSA) is 17.1 Å². The highest BCUT2D eigenvalue weighted by molar-refractivity contribution is 6.83. The van der Waals surface area contributed by atoms with Crippen LogP contribution in [0.5, 0.6) is 0 Å². The van der Waals surface area contributed by atoms with Crippen molar-refractivity contribution in [3.8, 4) is 0 Å². The molecule has 1 nitrogen and oxygen atoms in total. The first-order valence-electron chi connectivity index (χ1n) is 9.94. The standard InChI is InChI=1S/C22H36OSi/c1-7-22(12-10-11-13-24(22,8-2)9-3)21(19(6)23)20-15-17(4)14-18(5)16-20/h14-16,21H,7-13H2,1-6H3. The van der Waals surface area contributed by atoms with E-state index in [4.69, 9.17) is 0 Å². The lowest BCUT2D eigenvalue weighted by molar-refractivity contribution is -0.119. The van der Waals surface area contributed by atoms with Gasteiger partial charge in [0.25, 0.3) is 0 Å². The van der Waals surface area contributed by atoms with Crippen LogP contribution in [0.3, 0.4) is 0 Å². The molecule has 0 saturated carbocycles. The molecule has 1 aromatic rings. The van der Waals surface area contributed by atoms with Gasteiger partial charge in [0.2, 0.25) is 0 Å². The Balaban J connectivity index is 2.67. The lowest BCUT2D eigenvalue weighted by Gasteiger charge is -2.56. The normalized spacial score (nSPS) is 24.6. The first-order chi connectivity index (χ1) is 11.4. The van der Waals surface area contributed by atoms with Crippen LogP contribution in [0.2, 0.25) is 23.2 Å². The van der Waals surface area contributed by atoms with Gasteiger partial charge >= 0.3 is 0 Å². The molecular weight excluding hydrogens is 308 g/mol. The second-order valence-corrected chi connectivity index (χ2v) is 13.6. The lowest BCUT2D eigenvalue weighted by atomic mass is 9.76. The van der Waals surface area contributed by atoms with Crippen molar-refractivity contribution >= 4 is 13.9 Å². The summed E-state index contributed by atoms with van der Waals surface area (Å²) in [7, 11) is -1.47. The number of benzene rings is 1. The monoisotopic (exact) mass is 344 g/mol. The van der Waals surface area contributed by atoms with Crippen molar-refractivity contribution in [2.75, 3.05) is 0 Å². The molecule has 0 radical (unpaired) electrons. The molecule has 1 fully saturated rings. The van der Waals surface area contributed by atoms with E-state index in [0.717, 1.165) is 6.42 Å². The molecule has 2 heteroatoms. The number of ketones is 1. The van der Waals surface area contributed by atoms with Gasteiger partial charge in [0.15, 0.2) is 0 Å². The lowest BCUT2D eigenvalue weighted by Crippen LogP contribution is -2.53. The fourth-order valence-corrected chi connectivity index (χ4v) is 12.5. The third-order valence-corrected chi connectivity index (χ3v) is 14.1. The number of carbonyl (C=O) groups is 1. The Bertz CT molecular complexity index is 567. The number of rotatable bonds is 6. The first-order valence-corrected chi connectivity index (χ1v) is 12.6. The zero-order valence-electron chi connectivity index (χ0n) is 16.7. The predicted molar refractivity (Wildman–Crippen MR) is 108 cm³/mol. The summed E-state index contributed by atoms with van der Waals surface area (Å²) in [5.41, 5.74) is 3.87. The Labute approximate surface area is 150 Å². The van der Waals surface area contributed by atoms with Gasteiger partial charge in [-0.3, -0.25) is 4.79 Å². The highest BCUT2D eigenvalue weighted by Crippen LogP contribution is 2.63. The van der Waals surface area contributed by atoms with Crippen molar-refractivity contribution in [3.05, 3.63) is 34.9 Å². The van der Waals surface area contributed by atoms with E-state index < -0.39 is 8.07 Å². The number of Topliss-reactive ketones (excluding diaryl/α,β-unsaturated/α-hetero) is 1. The van der Waals surface area contributed by atoms with Gasteiger partial charge in [-0.15, -0.1) is 0 Å². The fourth-order valence-electron chi connectivity index (χ4n) is 6.05. The smallest absolute Gasteiger partial charge is 0.137 e. The molecule has 2 atom stereocenters. The molecule has 0 N–H and O–H groups in total. The zero-order chi connectivity index (χ0) is 18.0. The van der Waals surface area contributed by atoms with E-state index in [1.165, 1.54) is 54.1 Å². The SMILES string of the molecule is CCC1(C(C(C)=O)c2cc(C)cc(C)c2)CCCC[Si]1(CC)CC. The van der Waals surface area contributed by atoms with Gasteiger partial charge in [0.05, 0.1) is 8.07 Å². The molecule has 2 rings (SSSR count). The molecule has 1 aliphatic heterocycles. The van der Waals surface area contributed by atoms with E-state index in [1.54, 1.807) is 0 Å². The van der Waals surface area contributed by atoms with E-state index in [9.17, 15) is 4.79 Å². The molecule has 0 bridgehead atoms. The quantitative estimate of drug-likeness (QED) is 0.519. The minimum absolute atomic E-state index is 0.105. The summed E-state index contributed by atoms with van der Waals surface area (Å²) < 4.78 is 0. The average molecular weight is 345 g/mol. The Hall–Kier alpha value is -0.893. The summed E-state index contributed by atoms with van der Waals surface area (Å²) in [4.78, 5) is 13.0. The summed E-state index contributed by atoms with van der Waals surface area (Å²) in [6, 6.07) is 10.9. The van der Waals surface area contributed by atoms with Crippen LogP contribution in [-0.2, 0) is 4.79 Å². The second-order valence-electron chi connectivity index (χ2n) is 8.17. The molecule has 1 aromatic carbocycles. The van der Waals surface area contributed by atoms with Crippen LogP contribution in [0.25, 0.3) is 0 Å². The molecule has 1 aliphatic rings. The van der Waals surface area contributed by atoms with Crippen molar-refractivity contribution in [3.63, 3.8) is 0 Å². The fraction of sp³-hybridized carbons (Fsp3) is 0.682. The molecular formula is C22H36OSi. The third-order valence-electron chi connectivity index (χ3n) is 7.11. The van der Waals surface area contributed by atoms with Crippen LogP contribution in [0, 0.1) is 13.8 Å². The highest BCUT2D eigenvalue weighted by Gasteiger charge is 2.56. The average Bonchev–Trinajstić information content (AvgIpc) is 2.54. The van der Waals surface area contributed by atoms with Crippen molar-refractivity contribution < 1.29 is 4.79 Å². The summed E-state index contributed by atoms with van der Waals surface area (Å²) in [6.07, 6.45) is 5.11. The van der Waals surface area contributed by atoms with Gasteiger partial charge in [-0.1, -0.05) is 87.5 Å². The minimum atomic E-state index is -1.47. The van der Waals surface area contributed by atoms with Gasteiger partial charge in [0.1, 0.15) is 5.78 Å². The summed E-state index contributed by atoms with van der Waals surface area (Å²) in [5, 5.41) is 0.251. The van der Waals surface area contributed by atoms with E-state index in [1.807, 2.05) is 6.92 Å². The molecule has 24 heavy (non-hydrogen) atoms. The predicted octanol–water partition coefficient (Wildman–Crippen LogP) is 6.80. The molecule has 2 unspecified atom stereocenters. The Morgan fingerprint density at radius 1 is 1.08 bits per heavy atom. The van der Waals surface area contributed by atoms with Gasteiger partial charge in [-0.05, 0) is 37.8 Å². The van der Waals surface area contributed by atoms with E-state index in [0.29, 0.717) is 5.78 Å². The van der Waals surface area contributed by atoms with Crippen molar-refractivity contribution in [2.45, 2.75) is 96.3 Å². The minimum Gasteiger partial charge on any atom is -0.299 e. The molecule has 0 amide bonds. The van der Waals surface area contributed by atoms with Crippen LogP contribution < -0.4 is 0 Å². The molecule has 0 spiro atoms. The van der Waals surface area contributed by atoms with Crippen LogP contribution in [0.15, 0.2) is 18.2 Å². The Morgan fingerprint density at radius 3 is 2.12 bits per heavy atom. The van der Waals surface area contributed by atoms with Gasteiger partial charge in [0, 0.05) is 5.92 Å². The number of hydrogen-bond acceptors (Lipinski definition) is 1. The van der Waals surface area contributed by atoms with Gasteiger partial charge < -0.3 is 0 Å². The maximum absolute atomic E-state index is 13.0. The second kappa shape index (κ2) is 7.55. The van der Waals surface area contributed by atoms with E-state index in [-0.39, 0.29) is 11.0 Å². The van der Waals surface area contributed by atoms with Crippen molar-refractivity contribution in [1.29, 1.82) is 0 Å². The molecule has 1 heterocycles. The molecule has 0 aliphatic carbocycles. The maximum atomic E-state index is 13.0. The molecule has 1 saturated heterocycles. The third kappa shape index (κ3) is 3.14. The number of carbonyl (C=O) groups excluding carboxylic acids is 1. The van der Waals surface area contributed by atoms with Crippen LogP contribution >= 0.6 is 0 Å². The number of hydrogen-bond donors (Lipinski definition) is 0. The van der Waals surface area contributed by atoms with Gasteiger partial charge in [-0.2, -0.15) is 0 Å². The van der Waals surface area contributed by atoms with Crippen molar-refractivity contribution in [2.24, 2.45) is 0 Å². The summed E-state index contributed by atoms with van der Waals surface area (Å²) in [6.45, 7) is 13.3. The molecule has 0 aromatic heterocycles. The van der Waals surface area contributed by atoms with E-state index in [2.05, 4.69) is 52.8 Å². The van der Waals surface area contributed by atoms with Crippen LogP contribution in [0.4, 0.5) is 0 Å². The van der Waals surface area contributed by atoms with Crippen LogP contribution in [-0.4, -0.2) is 13.9 Å².